The number of anilines is 1. The average molecular weight is 270 g/mol. The fraction of sp³-hybridized carbons (Fsp3) is 0.333. The highest BCUT2D eigenvalue weighted by atomic mass is 35.5. The normalized spacial score (nSPS) is 19.3. The molecule has 1 fully saturated rings. The Bertz CT molecular complexity index is 503. The van der Waals surface area contributed by atoms with Crippen molar-refractivity contribution in [2.75, 3.05) is 17.3 Å². The molecule has 96 valence electrons. The van der Waals surface area contributed by atoms with Crippen molar-refractivity contribution >= 4 is 29.2 Å². The Morgan fingerprint density at radius 3 is 2.72 bits per heavy atom. The highest BCUT2D eigenvalue weighted by molar-refractivity contribution is 6.18. The minimum atomic E-state index is -1.20. The van der Waals surface area contributed by atoms with E-state index < -0.39 is 5.97 Å². The smallest absolute Gasteiger partial charge is 0.339 e. The van der Waals surface area contributed by atoms with E-state index in [9.17, 15) is 14.7 Å². The molecule has 1 heterocycles. The summed E-state index contributed by atoms with van der Waals surface area (Å²) >= 11 is 5.72. The van der Waals surface area contributed by atoms with Gasteiger partial charge in [0.2, 0.25) is 5.91 Å². The second-order valence-electron chi connectivity index (χ2n) is 4.24. The number of carboxylic acid groups (broad SMARTS) is 1. The lowest BCUT2D eigenvalue weighted by atomic mass is 10.1. The first-order valence-electron chi connectivity index (χ1n) is 5.45. The van der Waals surface area contributed by atoms with E-state index in [1.807, 2.05) is 0 Å². The third kappa shape index (κ3) is 2.26. The number of carboxylic acids is 1. The summed E-state index contributed by atoms with van der Waals surface area (Å²) in [4.78, 5) is 24.0. The van der Waals surface area contributed by atoms with Crippen LogP contribution in [-0.4, -0.2) is 34.5 Å². The molecule has 18 heavy (non-hydrogen) atoms. The third-order valence-corrected chi connectivity index (χ3v) is 3.38. The zero-order valence-electron chi connectivity index (χ0n) is 9.47. The molecule has 1 saturated heterocycles. The van der Waals surface area contributed by atoms with Crippen LogP contribution in [0.2, 0.25) is 0 Å². The van der Waals surface area contributed by atoms with Gasteiger partial charge in [0.25, 0.3) is 0 Å². The second kappa shape index (κ2) is 4.86. The first-order chi connectivity index (χ1) is 8.52. The minimum Gasteiger partial charge on any atom is -0.507 e. The molecule has 1 aliphatic rings. The topological polar surface area (TPSA) is 77.8 Å². The van der Waals surface area contributed by atoms with E-state index in [2.05, 4.69) is 0 Å². The van der Waals surface area contributed by atoms with Crippen molar-refractivity contribution in [3.05, 3.63) is 23.8 Å². The SMILES string of the molecule is O=C(O)c1ccc(N2CC(CCl)CC2=O)cc1O. The predicted molar refractivity (Wildman–Crippen MR) is 66.2 cm³/mol. The Labute approximate surface area is 109 Å². The van der Waals surface area contributed by atoms with Gasteiger partial charge in [-0.2, -0.15) is 0 Å². The summed E-state index contributed by atoms with van der Waals surface area (Å²) in [7, 11) is 0. The minimum absolute atomic E-state index is 0.0666. The zero-order chi connectivity index (χ0) is 13.3. The van der Waals surface area contributed by atoms with Gasteiger partial charge in [-0.25, -0.2) is 4.79 Å². The second-order valence-corrected chi connectivity index (χ2v) is 4.54. The standard InChI is InChI=1S/C12H12ClNO4/c13-5-7-3-11(16)14(6-7)8-1-2-9(12(17)18)10(15)4-8/h1-2,4,7,15H,3,5-6H2,(H,17,18). The fourth-order valence-electron chi connectivity index (χ4n) is 2.00. The predicted octanol–water partition coefficient (Wildman–Crippen LogP) is 1.68. The van der Waals surface area contributed by atoms with Gasteiger partial charge in [-0.3, -0.25) is 4.79 Å². The number of alkyl halides is 1. The molecular weight excluding hydrogens is 258 g/mol. The van der Waals surface area contributed by atoms with Crippen LogP contribution in [0.4, 0.5) is 5.69 Å². The lowest BCUT2D eigenvalue weighted by molar-refractivity contribution is -0.117. The van der Waals surface area contributed by atoms with Gasteiger partial charge in [0, 0.05) is 30.6 Å². The van der Waals surface area contributed by atoms with Crippen molar-refractivity contribution in [3.63, 3.8) is 0 Å². The molecule has 1 atom stereocenters. The highest BCUT2D eigenvalue weighted by Gasteiger charge is 2.30. The largest absolute Gasteiger partial charge is 0.507 e. The van der Waals surface area contributed by atoms with Crippen LogP contribution in [-0.2, 0) is 4.79 Å². The maximum Gasteiger partial charge on any atom is 0.339 e. The van der Waals surface area contributed by atoms with Crippen LogP contribution in [0.1, 0.15) is 16.8 Å². The van der Waals surface area contributed by atoms with Crippen LogP contribution in [0.15, 0.2) is 18.2 Å². The van der Waals surface area contributed by atoms with E-state index in [0.717, 1.165) is 0 Å². The number of halogens is 1. The first-order valence-corrected chi connectivity index (χ1v) is 5.99. The molecule has 2 rings (SSSR count). The van der Waals surface area contributed by atoms with Gasteiger partial charge in [0.15, 0.2) is 0 Å². The summed E-state index contributed by atoms with van der Waals surface area (Å²) in [6.07, 6.45) is 0.380. The molecule has 0 bridgehead atoms. The van der Waals surface area contributed by atoms with Gasteiger partial charge in [0.05, 0.1) is 0 Å². The molecule has 0 radical (unpaired) electrons. The van der Waals surface area contributed by atoms with E-state index in [1.54, 1.807) is 0 Å². The average Bonchev–Trinajstić information content (AvgIpc) is 2.70. The molecular formula is C12H12ClNO4. The Balaban J connectivity index is 2.27. The summed E-state index contributed by atoms with van der Waals surface area (Å²) in [6.45, 7) is 0.494. The van der Waals surface area contributed by atoms with Crippen LogP contribution in [0, 0.1) is 5.92 Å². The maximum atomic E-state index is 11.7. The van der Waals surface area contributed by atoms with E-state index in [4.69, 9.17) is 16.7 Å². The molecule has 1 aromatic rings. The van der Waals surface area contributed by atoms with E-state index in [0.29, 0.717) is 24.5 Å². The lowest BCUT2D eigenvalue weighted by Gasteiger charge is -2.17. The summed E-state index contributed by atoms with van der Waals surface area (Å²) < 4.78 is 0. The molecule has 1 unspecified atom stereocenters. The molecule has 1 aromatic carbocycles. The van der Waals surface area contributed by atoms with Crippen molar-refractivity contribution in [1.82, 2.24) is 0 Å². The summed E-state index contributed by atoms with van der Waals surface area (Å²) in [5.41, 5.74) is 0.314. The van der Waals surface area contributed by atoms with Gasteiger partial charge in [-0.15, -0.1) is 11.6 Å². The van der Waals surface area contributed by atoms with Gasteiger partial charge in [-0.1, -0.05) is 0 Å². The molecule has 0 aliphatic carbocycles. The number of carbonyl (C=O) groups is 2. The summed E-state index contributed by atoms with van der Waals surface area (Å²) in [6, 6.07) is 4.09. The number of aromatic carboxylic acids is 1. The number of phenols is 1. The number of nitrogens with zero attached hydrogens (tertiary/aromatic N) is 1. The van der Waals surface area contributed by atoms with Crippen molar-refractivity contribution in [2.24, 2.45) is 5.92 Å². The fourth-order valence-corrected chi connectivity index (χ4v) is 2.21. The van der Waals surface area contributed by atoms with Crippen LogP contribution in [0.3, 0.4) is 0 Å². The number of rotatable bonds is 3. The molecule has 6 heteroatoms. The first kappa shape index (κ1) is 12.7. The number of amides is 1. The van der Waals surface area contributed by atoms with E-state index >= 15 is 0 Å². The number of hydrogen-bond acceptors (Lipinski definition) is 3. The molecule has 0 spiro atoms. The monoisotopic (exact) mass is 269 g/mol. The Morgan fingerprint density at radius 1 is 1.50 bits per heavy atom. The molecule has 5 nitrogen and oxygen atoms in total. The summed E-state index contributed by atoms with van der Waals surface area (Å²) in [5.74, 6) is -1.11. The van der Waals surface area contributed by atoms with Crippen molar-refractivity contribution in [3.8, 4) is 5.75 Å². The van der Waals surface area contributed by atoms with E-state index in [1.165, 1.54) is 23.1 Å². The van der Waals surface area contributed by atoms with Crippen LogP contribution in [0.25, 0.3) is 0 Å². The quantitative estimate of drug-likeness (QED) is 0.819. The van der Waals surface area contributed by atoms with Crippen molar-refractivity contribution in [2.45, 2.75) is 6.42 Å². The number of hydrogen-bond donors (Lipinski definition) is 2. The lowest BCUT2D eigenvalue weighted by Crippen LogP contribution is -2.24. The molecule has 1 aliphatic heterocycles. The Kier molecular flexibility index (Phi) is 3.43. The highest BCUT2D eigenvalue weighted by Crippen LogP contribution is 2.29. The van der Waals surface area contributed by atoms with Gasteiger partial charge >= 0.3 is 5.97 Å². The third-order valence-electron chi connectivity index (χ3n) is 2.95. The summed E-state index contributed by atoms with van der Waals surface area (Å²) in [5, 5.41) is 18.4. The van der Waals surface area contributed by atoms with Crippen molar-refractivity contribution in [1.29, 1.82) is 0 Å². The zero-order valence-corrected chi connectivity index (χ0v) is 10.2. The van der Waals surface area contributed by atoms with Crippen LogP contribution < -0.4 is 4.90 Å². The maximum absolute atomic E-state index is 11.7. The Hall–Kier alpha value is -1.75. The Morgan fingerprint density at radius 2 is 2.22 bits per heavy atom. The van der Waals surface area contributed by atoms with E-state index in [-0.39, 0.29) is 23.1 Å². The van der Waals surface area contributed by atoms with Gasteiger partial charge < -0.3 is 15.1 Å². The molecule has 1 amide bonds. The molecule has 0 aromatic heterocycles. The molecule has 0 saturated carbocycles. The number of carbonyl (C=O) groups excluding carboxylic acids is 1. The van der Waals surface area contributed by atoms with Crippen molar-refractivity contribution < 1.29 is 19.8 Å². The van der Waals surface area contributed by atoms with Gasteiger partial charge in [0.1, 0.15) is 11.3 Å². The van der Waals surface area contributed by atoms with Crippen LogP contribution >= 0.6 is 11.6 Å². The molecule has 2 N–H and O–H groups in total. The number of benzene rings is 1. The van der Waals surface area contributed by atoms with Crippen LogP contribution in [0.5, 0.6) is 5.75 Å². The van der Waals surface area contributed by atoms with Gasteiger partial charge in [-0.05, 0) is 18.1 Å². The number of aromatic hydroxyl groups is 1.